The van der Waals surface area contributed by atoms with Gasteiger partial charge >= 0.3 is 6.01 Å². The maximum atomic E-state index is 17.7. The van der Waals surface area contributed by atoms with E-state index in [2.05, 4.69) is 20.6 Å². The quantitative estimate of drug-likeness (QED) is 0.208. The van der Waals surface area contributed by atoms with Gasteiger partial charge in [0.15, 0.2) is 5.82 Å². The Labute approximate surface area is 299 Å². The Morgan fingerprint density at radius 1 is 1.08 bits per heavy atom. The molecular formula is C39H40F3N7O3. The maximum Gasteiger partial charge on any atom is 0.319 e. The Balaban J connectivity index is 1.27. The normalized spacial score (nSPS) is 24.8. The molecule has 3 unspecified atom stereocenters. The number of nitrogens with zero attached hydrogens (tertiary/aromatic N) is 7. The molecule has 270 valence electrons. The van der Waals surface area contributed by atoms with E-state index in [1.54, 1.807) is 18.8 Å². The molecule has 0 spiro atoms. The first-order valence-corrected chi connectivity index (χ1v) is 18.0. The predicted molar refractivity (Wildman–Crippen MR) is 192 cm³/mol. The van der Waals surface area contributed by atoms with Crippen LogP contribution in [0.3, 0.4) is 0 Å². The highest BCUT2D eigenvalue weighted by Crippen LogP contribution is 2.47. The molecule has 2 aromatic heterocycles. The number of piperazine rings is 1. The molecule has 4 fully saturated rings. The minimum atomic E-state index is -0.935. The first-order valence-electron chi connectivity index (χ1n) is 18.0. The number of hydrogen-bond acceptors (Lipinski definition) is 9. The number of fused-ring (bicyclic) bond motifs is 7. The molecule has 0 aliphatic carbocycles. The summed E-state index contributed by atoms with van der Waals surface area (Å²) in [7, 11) is 3.46. The fraction of sp³-hybridized carbons (Fsp3) is 0.462. The number of phenols is 1. The van der Waals surface area contributed by atoms with Crippen molar-refractivity contribution in [2.45, 2.75) is 55.9 Å². The second-order valence-electron chi connectivity index (χ2n) is 14.9. The van der Waals surface area contributed by atoms with Crippen LogP contribution in [-0.4, -0.2) is 111 Å². The maximum absolute atomic E-state index is 17.7. The van der Waals surface area contributed by atoms with Crippen molar-refractivity contribution >= 4 is 38.4 Å². The topological polar surface area (TPSA) is 92.0 Å². The van der Waals surface area contributed by atoms with Gasteiger partial charge in [0.2, 0.25) is 0 Å². The van der Waals surface area contributed by atoms with E-state index in [4.69, 9.17) is 31.0 Å². The molecule has 1 N–H and O–H groups in total. The molecule has 10 nitrogen and oxygen atoms in total. The molecule has 2 bridgehead atoms. The second-order valence-corrected chi connectivity index (χ2v) is 14.9. The van der Waals surface area contributed by atoms with Crippen LogP contribution in [0.5, 0.6) is 11.8 Å². The van der Waals surface area contributed by atoms with Gasteiger partial charge in [-0.1, -0.05) is 12.0 Å². The zero-order valence-corrected chi connectivity index (χ0v) is 29.2. The monoisotopic (exact) mass is 711 g/mol. The lowest BCUT2D eigenvalue weighted by Gasteiger charge is -2.42. The standard InChI is InChI=1S/C39H40F3N7O3/c1-4-27-30(41)9-6-22-14-26(50)15-28(31(22)27)32-34(42)36-33(29-20-46(2)45-35(29)32)37(49-24-7-8-25(49)19-47(18-24)12-13-51-3)44-38(43-36)52-21-39-10-5-11-48(39)17-23(40)16-39/h1,6,9,14-15,20,23-25,50H,5,7-8,10-13,16-19,21H2,2-3H3/t23-,24?,25?,39?/m1/s1. The molecule has 0 radical (unpaired) electrons. The van der Waals surface area contributed by atoms with Crippen molar-refractivity contribution in [2.24, 2.45) is 7.05 Å². The van der Waals surface area contributed by atoms with Crippen molar-refractivity contribution in [3.8, 4) is 35.2 Å². The van der Waals surface area contributed by atoms with Crippen molar-refractivity contribution in [3.05, 3.63) is 47.7 Å². The van der Waals surface area contributed by atoms with E-state index in [1.807, 2.05) is 6.20 Å². The summed E-state index contributed by atoms with van der Waals surface area (Å²) < 4.78 is 61.0. The molecule has 4 atom stereocenters. The van der Waals surface area contributed by atoms with Gasteiger partial charge in [-0.25, -0.2) is 13.2 Å². The summed E-state index contributed by atoms with van der Waals surface area (Å²) in [6.07, 6.45) is 10.7. The number of alkyl halides is 1. The lowest BCUT2D eigenvalue weighted by atomic mass is 9.91. The van der Waals surface area contributed by atoms with E-state index in [1.165, 1.54) is 24.3 Å². The number of rotatable bonds is 8. The smallest absolute Gasteiger partial charge is 0.319 e. The molecule has 4 aliphatic rings. The molecule has 0 amide bonds. The fourth-order valence-electron chi connectivity index (χ4n) is 9.56. The highest BCUT2D eigenvalue weighted by atomic mass is 19.1. The number of ether oxygens (including phenoxy) is 2. The van der Waals surface area contributed by atoms with Gasteiger partial charge in [0.05, 0.1) is 23.1 Å². The van der Waals surface area contributed by atoms with Crippen molar-refractivity contribution < 1.29 is 27.8 Å². The highest BCUT2D eigenvalue weighted by Gasteiger charge is 2.49. The largest absolute Gasteiger partial charge is 0.508 e. The molecule has 4 aliphatic heterocycles. The summed E-state index contributed by atoms with van der Waals surface area (Å²) in [5.41, 5.74) is 0.0385. The number of likely N-dealkylation sites (tertiary alicyclic amines) is 1. The van der Waals surface area contributed by atoms with Crippen molar-refractivity contribution in [2.75, 3.05) is 57.9 Å². The van der Waals surface area contributed by atoms with Crippen LogP contribution in [0.4, 0.5) is 19.0 Å². The number of benzene rings is 3. The summed E-state index contributed by atoms with van der Waals surface area (Å²) in [4.78, 5) is 16.7. The van der Waals surface area contributed by atoms with E-state index in [-0.39, 0.29) is 58.0 Å². The van der Waals surface area contributed by atoms with Gasteiger partial charge in [-0.15, -0.1) is 6.42 Å². The van der Waals surface area contributed by atoms with Crippen LogP contribution in [0.15, 0.2) is 30.5 Å². The summed E-state index contributed by atoms with van der Waals surface area (Å²) >= 11 is 0. The number of anilines is 1. The first kappa shape index (κ1) is 33.2. The number of halogens is 3. The van der Waals surface area contributed by atoms with Crippen LogP contribution in [0.2, 0.25) is 0 Å². The van der Waals surface area contributed by atoms with Crippen molar-refractivity contribution in [1.82, 2.24) is 29.5 Å². The van der Waals surface area contributed by atoms with E-state index in [0.717, 1.165) is 51.9 Å². The number of aryl methyl sites for hydroxylation is 1. The van der Waals surface area contributed by atoms with Crippen LogP contribution in [-0.2, 0) is 11.8 Å². The number of hydrogen-bond donors (Lipinski definition) is 1. The molecule has 5 aromatic rings. The van der Waals surface area contributed by atoms with Gasteiger partial charge in [-0.2, -0.15) is 15.1 Å². The Hall–Kier alpha value is -4.64. The number of aromatic hydroxyl groups is 1. The number of phenolic OH excluding ortho intramolecular Hbond substituents is 1. The van der Waals surface area contributed by atoms with Crippen molar-refractivity contribution in [3.63, 3.8) is 0 Å². The van der Waals surface area contributed by atoms with E-state index < -0.39 is 23.3 Å². The zero-order valence-electron chi connectivity index (χ0n) is 29.2. The van der Waals surface area contributed by atoms with Gasteiger partial charge in [0, 0.05) is 81.4 Å². The SMILES string of the molecule is C#Cc1c(F)ccc2cc(O)cc(-c3c(F)c4nc(OCC56CCCN5C[C@H](F)C6)nc(N5C6CCC5CN(CCOC)C6)c4c4cn(C)nc34)c12. The summed E-state index contributed by atoms with van der Waals surface area (Å²) in [6, 6.07) is 5.84. The third kappa shape index (κ3) is 5.17. The van der Waals surface area contributed by atoms with Crippen LogP contribution >= 0.6 is 0 Å². The third-order valence-electron chi connectivity index (χ3n) is 11.7. The highest BCUT2D eigenvalue weighted by molar-refractivity contribution is 6.18. The van der Waals surface area contributed by atoms with E-state index >= 15 is 8.78 Å². The Morgan fingerprint density at radius 2 is 1.88 bits per heavy atom. The van der Waals surface area contributed by atoms with E-state index in [9.17, 15) is 9.50 Å². The van der Waals surface area contributed by atoms with E-state index in [0.29, 0.717) is 47.1 Å². The molecule has 0 saturated carbocycles. The summed E-state index contributed by atoms with van der Waals surface area (Å²) in [5.74, 6) is 1.51. The van der Waals surface area contributed by atoms with Crippen LogP contribution < -0.4 is 9.64 Å². The van der Waals surface area contributed by atoms with Gasteiger partial charge in [-0.05, 0) is 61.4 Å². The second kappa shape index (κ2) is 12.5. The first-order chi connectivity index (χ1) is 25.2. The Bertz CT molecular complexity index is 2280. The Kier molecular flexibility index (Phi) is 7.98. The third-order valence-corrected chi connectivity index (χ3v) is 11.7. The van der Waals surface area contributed by atoms with Crippen LogP contribution in [0, 0.1) is 24.0 Å². The predicted octanol–water partition coefficient (Wildman–Crippen LogP) is 5.56. The minimum absolute atomic E-state index is 0.0106. The molecular weight excluding hydrogens is 671 g/mol. The zero-order chi connectivity index (χ0) is 35.9. The van der Waals surface area contributed by atoms with Crippen molar-refractivity contribution in [1.29, 1.82) is 0 Å². The summed E-state index contributed by atoms with van der Waals surface area (Å²) in [5, 5.41) is 17.4. The minimum Gasteiger partial charge on any atom is -0.508 e. The molecule has 3 aromatic carbocycles. The lowest BCUT2D eigenvalue weighted by molar-refractivity contribution is 0.107. The number of aromatic nitrogens is 4. The molecule has 6 heterocycles. The number of methoxy groups -OCH3 is 1. The molecule has 13 heteroatoms. The van der Waals surface area contributed by atoms with Crippen LogP contribution in [0.1, 0.15) is 37.7 Å². The van der Waals surface area contributed by atoms with Gasteiger partial charge < -0.3 is 19.5 Å². The molecule has 4 saturated heterocycles. The lowest BCUT2D eigenvalue weighted by Crippen LogP contribution is -2.54. The molecule has 9 rings (SSSR count). The van der Waals surface area contributed by atoms with Gasteiger partial charge in [-0.3, -0.25) is 14.5 Å². The average molecular weight is 712 g/mol. The molecule has 52 heavy (non-hydrogen) atoms. The fourth-order valence-corrected chi connectivity index (χ4v) is 9.56. The average Bonchev–Trinajstić information content (AvgIpc) is 3.85. The summed E-state index contributed by atoms with van der Waals surface area (Å²) in [6.45, 7) is 4.40. The van der Waals surface area contributed by atoms with Gasteiger partial charge in [0.25, 0.3) is 0 Å². The Morgan fingerprint density at radius 3 is 2.65 bits per heavy atom. The van der Waals surface area contributed by atoms with Crippen LogP contribution in [0.25, 0.3) is 43.7 Å². The van der Waals surface area contributed by atoms with Gasteiger partial charge in [0.1, 0.15) is 41.2 Å². The number of terminal acetylenes is 1.